The number of imidazole rings is 1. The molecule has 3 rings (SSSR count). The molecule has 8 heteroatoms. The summed E-state index contributed by atoms with van der Waals surface area (Å²) in [6.07, 6.45) is 5.40. The van der Waals surface area contributed by atoms with Gasteiger partial charge in [0.2, 0.25) is 0 Å². The van der Waals surface area contributed by atoms with Crippen LogP contribution in [0.2, 0.25) is 0 Å². The average molecular weight is 333 g/mol. The van der Waals surface area contributed by atoms with Crippen LogP contribution in [-0.4, -0.2) is 20.6 Å². The van der Waals surface area contributed by atoms with E-state index in [4.69, 9.17) is 4.52 Å². The van der Waals surface area contributed by atoms with E-state index in [1.54, 1.807) is 11.3 Å². The fourth-order valence-corrected chi connectivity index (χ4v) is 3.12. The normalized spacial score (nSPS) is 11.0. The molecule has 2 N–H and O–H groups in total. The number of nitrogens with one attached hydrogen (secondary N) is 2. The molecule has 0 spiro atoms. The molecule has 0 atom stereocenters. The van der Waals surface area contributed by atoms with Gasteiger partial charge in [0.15, 0.2) is 4.96 Å². The van der Waals surface area contributed by atoms with Crippen molar-refractivity contribution in [2.75, 3.05) is 0 Å². The lowest BCUT2D eigenvalue weighted by atomic mass is 10.1. The largest absolute Gasteiger partial charge is 0.361 e. The maximum atomic E-state index is 12.0. The van der Waals surface area contributed by atoms with Gasteiger partial charge >= 0.3 is 6.03 Å². The van der Waals surface area contributed by atoms with Gasteiger partial charge in [-0.25, -0.2) is 9.78 Å². The van der Waals surface area contributed by atoms with Gasteiger partial charge in [-0.2, -0.15) is 0 Å². The highest BCUT2D eigenvalue weighted by Crippen LogP contribution is 2.15. The predicted octanol–water partition coefficient (Wildman–Crippen LogP) is 2.51. The topological polar surface area (TPSA) is 84.5 Å². The molecule has 7 nitrogen and oxygen atoms in total. The van der Waals surface area contributed by atoms with E-state index in [0.29, 0.717) is 13.1 Å². The SMILES string of the molecule is CCc1noc(CC)c1CNC(=O)NCc1cn2ccsc2n1. The van der Waals surface area contributed by atoms with Crippen LogP contribution in [-0.2, 0) is 25.9 Å². The molecule has 0 fully saturated rings. The van der Waals surface area contributed by atoms with Gasteiger partial charge in [-0.05, 0) is 6.42 Å². The summed E-state index contributed by atoms with van der Waals surface area (Å²) >= 11 is 1.57. The molecule has 0 saturated carbocycles. The molecule has 23 heavy (non-hydrogen) atoms. The predicted molar refractivity (Wildman–Crippen MR) is 87.4 cm³/mol. The number of nitrogens with zero attached hydrogens (tertiary/aromatic N) is 3. The fourth-order valence-electron chi connectivity index (χ4n) is 2.40. The molecule has 0 bridgehead atoms. The molecule has 3 aromatic rings. The van der Waals surface area contributed by atoms with Crippen molar-refractivity contribution in [2.24, 2.45) is 0 Å². The summed E-state index contributed by atoms with van der Waals surface area (Å²) in [4.78, 5) is 17.3. The van der Waals surface area contributed by atoms with E-state index >= 15 is 0 Å². The van der Waals surface area contributed by atoms with E-state index in [1.807, 2.05) is 36.0 Å². The van der Waals surface area contributed by atoms with Crippen molar-refractivity contribution in [1.82, 2.24) is 25.2 Å². The third kappa shape index (κ3) is 3.37. The Morgan fingerprint density at radius 3 is 2.87 bits per heavy atom. The third-order valence-electron chi connectivity index (χ3n) is 3.61. The number of rotatable bonds is 6. The Kier molecular flexibility index (Phi) is 4.61. The maximum absolute atomic E-state index is 12.0. The summed E-state index contributed by atoms with van der Waals surface area (Å²) < 4.78 is 7.23. The summed E-state index contributed by atoms with van der Waals surface area (Å²) in [6, 6.07) is -0.230. The second-order valence-electron chi connectivity index (χ2n) is 5.10. The Hall–Kier alpha value is -2.35. The molecule has 3 aromatic heterocycles. The Balaban J connectivity index is 1.53. The van der Waals surface area contributed by atoms with Gasteiger partial charge in [0.1, 0.15) is 5.76 Å². The van der Waals surface area contributed by atoms with Crippen molar-refractivity contribution in [2.45, 2.75) is 39.8 Å². The maximum Gasteiger partial charge on any atom is 0.315 e. The van der Waals surface area contributed by atoms with E-state index in [0.717, 1.165) is 40.5 Å². The van der Waals surface area contributed by atoms with Crippen LogP contribution in [0.1, 0.15) is 36.6 Å². The molecular formula is C15H19N5O2S. The van der Waals surface area contributed by atoms with Crippen molar-refractivity contribution < 1.29 is 9.32 Å². The first-order valence-electron chi connectivity index (χ1n) is 7.60. The van der Waals surface area contributed by atoms with E-state index in [2.05, 4.69) is 20.8 Å². The van der Waals surface area contributed by atoms with Crippen molar-refractivity contribution in [3.63, 3.8) is 0 Å². The highest BCUT2D eigenvalue weighted by molar-refractivity contribution is 7.15. The first kappa shape index (κ1) is 15.5. The number of amides is 2. The summed E-state index contributed by atoms with van der Waals surface area (Å²) in [5.41, 5.74) is 2.71. The Morgan fingerprint density at radius 1 is 1.30 bits per heavy atom. The van der Waals surface area contributed by atoms with Gasteiger partial charge in [-0.15, -0.1) is 11.3 Å². The number of fused-ring (bicyclic) bond motifs is 1. The van der Waals surface area contributed by atoms with Crippen LogP contribution in [0.3, 0.4) is 0 Å². The number of carbonyl (C=O) groups excluding carboxylic acids is 1. The second-order valence-corrected chi connectivity index (χ2v) is 5.97. The van der Waals surface area contributed by atoms with Crippen molar-refractivity contribution in [1.29, 1.82) is 0 Å². The average Bonchev–Trinajstić information content (AvgIpc) is 3.24. The quantitative estimate of drug-likeness (QED) is 0.726. The summed E-state index contributed by atoms with van der Waals surface area (Å²) in [5.74, 6) is 0.830. The highest BCUT2D eigenvalue weighted by Gasteiger charge is 2.14. The van der Waals surface area contributed by atoms with Crippen LogP contribution in [0.15, 0.2) is 22.3 Å². The molecule has 0 aromatic carbocycles. The Labute approximate surface area is 137 Å². The number of aromatic nitrogens is 3. The Bertz CT molecular complexity index is 754. The number of hydrogen-bond acceptors (Lipinski definition) is 5. The van der Waals surface area contributed by atoms with Gasteiger partial charge in [-0.1, -0.05) is 19.0 Å². The molecule has 0 aliphatic rings. The van der Waals surface area contributed by atoms with Gasteiger partial charge in [0.05, 0.1) is 17.9 Å². The van der Waals surface area contributed by atoms with Crippen LogP contribution in [0, 0.1) is 0 Å². The monoisotopic (exact) mass is 333 g/mol. The zero-order valence-electron chi connectivity index (χ0n) is 13.1. The van der Waals surface area contributed by atoms with Crippen LogP contribution >= 0.6 is 11.3 Å². The minimum absolute atomic E-state index is 0.230. The molecule has 0 unspecified atom stereocenters. The summed E-state index contributed by atoms with van der Waals surface area (Å²) in [6.45, 7) is 4.84. The van der Waals surface area contributed by atoms with E-state index in [1.165, 1.54) is 0 Å². The summed E-state index contributed by atoms with van der Waals surface area (Å²) in [7, 11) is 0. The highest BCUT2D eigenvalue weighted by atomic mass is 32.1. The number of hydrogen-bond donors (Lipinski definition) is 2. The molecule has 122 valence electrons. The lowest BCUT2D eigenvalue weighted by Gasteiger charge is -2.07. The van der Waals surface area contributed by atoms with E-state index < -0.39 is 0 Å². The lowest BCUT2D eigenvalue weighted by molar-refractivity contribution is 0.240. The first-order valence-corrected chi connectivity index (χ1v) is 8.48. The molecule has 0 aliphatic heterocycles. The van der Waals surface area contributed by atoms with Crippen LogP contribution < -0.4 is 10.6 Å². The van der Waals surface area contributed by atoms with E-state index in [-0.39, 0.29) is 6.03 Å². The van der Waals surface area contributed by atoms with Crippen LogP contribution in [0.25, 0.3) is 4.96 Å². The smallest absolute Gasteiger partial charge is 0.315 e. The Morgan fingerprint density at radius 2 is 2.13 bits per heavy atom. The molecule has 0 radical (unpaired) electrons. The van der Waals surface area contributed by atoms with Gasteiger partial charge in [0.25, 0.3) is 0 Å². The van der Waals surface area contributed by atoms with Gasteiger partial charge in [-0.3, -0.25) is 4.40 Å². The van der Waals surface area contributed by atoms with Crippen LogP contribution in [0.5, 0.6) is 0 Å². The molecule has 3 heterocycles. The van der Waals surface area contributed by atoms with Gasteiger partial charge in [0, 0.05) is 36.3 Å². The number of thiazole rings is 1. The molecule has 2 amide bonds. The van der Waals surface area contributed by atoms with Crippen molar-refractivity contribution in [3.05, 3.63) is 40.5 Å². The number of carbonyl (C=O) groups is 1. The lowest BCUT2D eigenvalue weighted by Crippen LogP contribution is -2.35. The third-order valence-corrected chi connectivity index (χ3v) is 4.38. The first-order chi connectivity index (χ1) is 11.2. The van der Waals surface area contributed by atoms with E-state index in [9.17, 15) is 4.79 Å². The zero-order valence-corrected chi connectivity index (χ0v) is 13.9. The van der Waals surface area contributed by atoms with Crippen LogP contribution in [0.4, 0.5) is 4.79 Å². The standard InChI is InChI=1S/C15H19N5O2S/c1-3-12-11(13(4-2)22-19-12)8-17-14(21)16-7-10-9-20-5-6-23-15(20)18-10/h5-6,9H,3-4,7-8H2,1-2H3,(H2,16,17,21). The fraction of sp³-hybridized carbons (Fsp3) is 0.400. The second kappa shape index (κ2) is 6.82. The van der Waals surface area contributed by atoms with Crippen molar-refractivity contribution >= 4 is 22.3 Å². The minimum Gasteiger partial charge on any atom is -0.361 e. The molecule has 0 aliphatic carbocycles. The van der Waals surface area contributed by atoms with Crippen molar-refractivity contribution in [3.8, 4) is 0 Å². The summed E-state index contributed by atoms with van der Waals surface area (Å²) in [5, 5.41) is 11.7. The molecular weight excluding hydrogens is 314 g/mol. The number of urea groups is 1. The zero-order chi connectivity index (χ0) is 16.2. The molecule has 0 saturated heterocycles. The minimum atomic E-state index is -0.230. The van der Waals surface area contributed by atoms with Gasteiger partial charge < -0.3 is 15.2 Å². The number of aryl methyl sites for hydroxylation is 2.